The molecule has 0 radical (unpaired) electrons. The molecule has 0 aromatic heterocycles. The molecule has 16 heavy (non-hydrogen) atoms. The Morgan fingerprint density at radius 2 is 1.75 bits per heavy atom. The fraction of sp³-hybridized carbons (Fsp3) is 0.818. The highest BCUT2D eigenvalue weighted by Crippen LogP contribution is 2.28. The van der Waals surface area contributed by atoms with Crippen molar-refractivity contribution >= 4 is 9.84 Å². The molecule has 5 heteroatoms. The number of piperidine rings is 1. The Morgan fingerprint density at radius 3 is 2.25 bits per heavy atom. The maximum Gasteiger partial charge on any atom is 0.152 e. The van der Waals surface area contributed by atoms with Crippen molar-refractivity contribution in [2.24, 2.45) is 0 Å². The maximum atomic E-state index is 11.4. The second-order valence-corrected chi connectivity index (χ2v) is 7.00. The highest BCUT2D eigenvalue weighted by atomic mass is 32.2. The number of hydrogen-bond acceptors (Lipinski definition) is 4. The number of rotatable bonds is 2. The van der Waals surface area contributed by atoms with Gasteiger partial charge in [0.15, 0.2) is 9.84 Å². The Bertz CT molecular complexity index is 344. The zero-order valence-electron chi connectivity index (χ0n) is 9.61. The van der Waals surface area contributed by atoms with Gasteiger partial charge in [-0.15, -0.1) is 6.58 Å². The van der Waals surface area contributed by atoms with Gasteiger partial charge >= 0.3 is 0 Å². The molecule has 2 heterocycles. The Balaban J connectivity index is 2.08. The SMILES string of the molecule is C=CC1(N2CCS(=O)(=O)CC2)CCNCC1. The fourth-order valence-electron chi connectivity index (χ4n) is 2.67. The fourth-order valence-corrected chi connectivity index (χ4v) is 3.87. The summed E-state index contributed by atoms with van der Waals surface area (Å²) in [6.07, 6.45) is 4.10. The van der Waals surface area contributed by atoms with E-state index in [1.54, 1.807) is 0 Å². The third kappa shape index (κ3) is 2.31. The van der Waals surface area contributed by atoms with E-state index in [0.717, 1.165) is 25.9 Å². The number of sulfone groups is 1. The number of hydrogen-bond donors (Lipinski definition) is 1. The van der Waals surface area contributed by atoms with Gasteiger partial charge in [-0.1, -0.05) is 6.08 Å². The Kier molecular flexibility index (Phi) is 3.37. The van der Waals surface area contributed by atoms with Crippen LogP contribution >= 0.6 is 0 Å². The van der Waals surface area contributed by atoms with E-state index in [1.165, 1.54) is 0 Å². The van der Waals surface area contributed by atoms with Crippen molar-refractivity contribution in [2.45, 2.75) is 18.4 Å². The first-order chi connectivity index (χ1) is 7.58. The van der Waals surface area contributed by atoms with Crippen molar-refractivity contribution in [1.82, 2.24) is 10.2 Å². The summed E-state index contributed by atoms with van der Waals surface area (Å²) < 4.78 is 22.8. The third-order valence-electron chi connectivity index (χ3n) is 3.82. The summed E-state index contributed by atoms with van der Waals surface area (Å²) in [6.45, 7) is 7.26. The van der Waals surface area contributed by atoms with Crippen LogP contribution in [0.5, 0.6) is 0 Å². The van der Waals surface area contributed by atoms with Crippen LogP contribution in [0.1, 0.15) is 12.8 Å². The van der Waals surface area contributed by atoms with E-state index < -0.39 is 9.84 Å². The molecule has 0 aromatic carbocycles. The molecular weight excluding hydrogens is 224 g/mol. The van der Waals surface area contributed by atoms with Crippen molar-refractivity contribution < 1.29 is 8.42 Å². The van der Waals surface area contributed by atoms with Crippen LogP contribution in [0.4, 0.5) is 0 Å². The van der Waals surface area contributed by atoms with Crippen molar-refractivity contribution in [3.63, 3.8) is 0 Å². The molecule has 0 unspecified atom stereocenters. The smallest absolute Gasteiger partial charge is 0.152 e. The van der Waals surface area contributed by atoms with Crippen LogP contribution in [0.15, 0.2) is 12.7 Å². The van der Waals surface area contributed by atoms with Crippen molar-refractivity contribution in [2.75, 3.05) is 37.7 Å². The first kappa shape index (κ1) is 12.1. The second-order valence-electron chi connectivity index (χ2n) is 4.70. The van der Waals surface area contributed by atoms with E-state index in [9.17, 15) is 8.42 Å². The largest absolute Gasteiger partial charge is 0.317 e. The van der Waals surface area contributed by atoms with Crippen LogP contribution in [0.3, 0.4) is 0 Å². The Hall–Kier alpha value is -0.390. The number of nitrogens with one attached hydrogen (secondary N) is 1. The second kappa shape index (κ2) is 4.47. The topological polar surface area (TPSA) is 49.4 Å². The molecule has 0 aromatic rings. The Labute approximate surface area is 97.6 Å². The van der Waals surface area contributed by atoms with E-state index in [2.05, 4.69) is 16.8 Å². The summed E-state index contributed by atoms with van der Waals surface area (Å²) in [4.78, 5) is 2.31. The van der Waals surface area contributed by atoms with Gasteiger partial charge in [0.05, 0.1) is 11.5 Å². The quantitative estimate of drug-likeness (QED) is 0.696. The van der Waals surface area contributed by atoms with E-state index in [1.807, 2.05) is 6.08 Å². The molecule has 1 N–H and O–H groups in total. The highest BCUT2D eigenvalue weighted by molar-refractivity contribution is 7.91. The summed E-state index contributed by atoms with van der Waals surface area (Å²) in [5, 5.41) is 3.34. The van der Waals surface area contributed by atoms with Gasteiger partial charge in [-0.05, 0) is 25.9 Å². The van der Waals surface area contributed by atoms with Gasteiger partial charge in [0.25, 0.3) is 0 Å². The van der Waals surface area contributed by atoms with Crippen LogP contribution in [-0.2, 0) is 9.84 Å². The molecule has 0 atom stereocenters. The van der Waals surface area contributed by atoms with Gasteiger partial charge < -0.3 is 5.32 Å². The molecular formula is C11H20N2O2S. The predicted molar refractivity (Wildman–Crippen MR) is 65.3 cm³/mol. The molecule has 0 bridgehead atoms. The lowest BCUT2D eigenvalue weighted by Gasteiger charge is -2.46. The molecule has 2 rings (SSSR count). The molecule has 2 fully saturated rings. The minimum Gasteiger partial charge on any atom is -0.317 e. The van der Waals surface area contributed by atoms with Gasteiger partial charge in [-0.3, -0.25) is 4.90 Å². The minimum absolute atomic E-state index is 0.0290. The van der Waals surface area contributed by atoms with Crippen LogP contribution in [0, 0.1) is 0 Å². The standard InChI is InChI=1S/C11H20N2O2S/c1-2-11(3-5-12-6-4-11)13-7-9-16(14,15)10-8-13/h2,12H,1,3-10H2. The predicted octanol–water partition coefficient (Wildman–Crippen LogP) is 0.0250. The van der Waals surface area contributed by atoms with Gasteiger partial charge in [-0.25, -0.2) is 8.42 Å². The van der Waals surface area contributed by atoms with Gasteiger partial charge in [0.1, 0.15) is 0 Å². The summed E-state index contributed by atoms with van der Waals surface area (Å²) in [6, 6.07) is 0. The van der Waals surface area contributed by atoms with Crippen molar-refractivity contribution in [3.05, 3.63) is 12.7 Å². The maximum absolute atomic E-state index is 11.4. The molecule has 4 nitrogen and oxygen atoms in total. The van der Waals surface area contributed by atoms with E-state index in [4.69, 9.17) is 0 Å². The summed E-state index contributed by atoms with van der Waals surface area (Å²) in [7, 11) is -2.78. The van der Waals surface area contributed by atoms with Crippen molar-refractivity contribution in [1.29, 1.82) is 0 Å². The molecule has 92 valence electrons. The molecule has 0 spiro atoms. The first-order valence-corrected chi connectivity index (χ1v) is 7.70. The lowest BCUT2D eigenvalue weighted by atomic mass is 9.86. The van der Waals surface area contributed by atoms with E-state index in [-0.39, 0.29) is 5.54 Å². The van der Waals surface area contributed by atoms with E-state index in [0.29, 0.717) is 24.6 Å². The molecule has 0 saturated carbocycles. The Morgan fingerprint density at radius 1 is 1.19 bits per heavy atom. The van der Waals surface area contributed by atoms with Crippen LogP contribution in [0.25, 0.3) is 0 Å². The summed E-state index contributed by atoms with van der Waals surface area (Å²) in [5.41, 5.74) is 0.0290. The van der Waals surface area contributed by atoms with Gasteiger partial charge in [0, 0.05) is 18.6 Å². The van der Waals surface area contributed by atoms with Gasteiger partial charge in [0.2, 0.25) is 0 Å². The molecule has 2 aliphatic heterocycles. The van der Waals surface area contributed by atoms with E-state index >= 15 is 0 Å². The third-order valence-corrected chi connectivity index (χ3v) is 5.43. The van der Waals surface area contributed by atoms with Crippen LogP contribution in [0.2, 0.25) is 0 Å². The normalized spacial score (nSPS) is 29.8. The minimum atomic E-state index is -2.78. The molecule has 2 saturated heterocycles. The van der Waals surface area contributed by atoms with Crippen LogP contribution in [-0.4, -0.2) is 56.5 Å². The molecule has 2 aliphatic rings. The zero-order chi connectivity index (χ0) is 11.6. The highest BCUT2D eigenvalue weighted by Gasteiger charge is 2.37. The molecule has 0 amide bonds. The average Bonchev–Trinajstić information content (AvgIpc) is 2.30. The lowest BCUT2D eigenvalue weighted by molar-refractivity contribution is 0.108. The molecule has 0 aliphatic carbocycles. The monoisotopic (exact) mass is 244 g/mol. The van der Waals surface area contributed by atoms with Gasteiger partial charge in [-0.2, -0.15) is 0 Å². The summed E-state index contributed by atoms with van der Waals surface area (Å²) >= 11 is 0. The summed E-state index contributed by atoms with van der Waals surface area (Å²) in [5.74, 6) is 0.603. The van der Waals surface area contributed by atoms with Crippen molar-refractivity contribution in [3.8, 4) is 0 Å². The zero-order valence-corrected chi connectivity index (χ0v) is 10.4. The average molecular weight is 244 g/mol. The number of nitrogens with zero attached hydrogens (tertiary/aromatic N) is 1. The lowest BCUT2D eigenvalue weighted by Crippen LogP contribution is -2.57. The van der Waals surface area contributed by atoms with Crippen LogP contribution < -0.4 is 5.32 Å². The first-order valence-electron chi connectivity index (χ1n) is 5.88.